The molecule has 0 aromatic heterocycles. The molecule has 1 aliphatic carbocycles. The zero-order valence-corrected chi connectivity index (χ0v) is 14.3. The van der Waals surface area contributed by atoms with Crippen molar-refractivity contribution in [2.75, 3.05) is 0 Å². The fourth-order valence-electron chi connectivity index (χ4n) is 2.48. The molecule has 2 rings (SSSR count). The SMILES string of the molecule is CC(C)NCc1cc(Br)ccc1SC1CCCCC1. The van der Waals surface area contributed by atoms with E-state index < -0.39 is 0 Å². The molecular weight excluding hydrogens is 318 g/mol. The molecule has 1 aromatic carbocycles. The molecule has 0 atom stereocenters. The van der Waals surface area contributed by atoms with Gasteiger partial charge in [-0.1, -0.05) is 49.0 Å². The summed E-state index contributed by atoms with van der Waals surface area (Å²) in [6.07, 6.45) is 7.02. The Kier molecular flexibility index (Phi) is 6.24. The van der Waals surface area contributed by atoms with E-state index in [1.54, 1.807) is 0 Å². The zero-order chi connectivity index (χ0) is 13.7. The number of benzene rings is 1. The van der Waals surface area contributed by atoms with E-state index in [-0.39, 0.29) is 0 Å². The molecule has 1 aromatic rings. The minimum Gasteiger partial charge on any atom is -0.310 e. The van der Waals surface area contributed by atoms with E-state index >= 15 is 0 Å². The third-order valence-electron chi connectivity index (χ3n) is 3.57. The van der Waals surface area contributed by atoms with Gasteiger partial charge in [-0.25, -0.2) is 0 Å². The summed E-state index contributed by atoms with van der Waals surface area (Å²) in [4.78, 5) is 1.46. The highest BCUT2D eigenvalue weighted by Crippen LogP contribution is 2.36. The Morgan fingerprint density at radius 3 is 2.68 bits per heavy atom. The number of thioether (sulfide) groups is 1. The lowest BCUT2D eigenvalue weighted by Gasteiger charge is -2.22. The maximum absolute atomic E-state index is 3.59. The molecular formula is C16H24BrNS. The van der Waals surface area contributed by atoms with Crippen LogP contribution < -0.4 is 5.32 Å². The van der Waals surface area contributed by atoms with Crippen molar-refractivity contribution in [2.24, 2.45) is 0 Å². The van der Waals surface area contributed by atoms with Gasteiger partial charge in [0.2, 0.25) is 0 Å². The molecule has 1 saturated carbocycles. The highest BCUT2D eigenvalue weighted by Gasteiger charge is 2.16. The maximum atomic E-state index is 3.59. The van der Waals surface area contributed by atoms with Crippen LogP contribution in [0.15, 0.2) is 27.6 Å². The normalized spacial score (nSPS) is 17.1. The van der Waals surface area contributed by atoms with Crippen LogP contribution in [0.4, 0.5) is 0 Å². The van der Waals surface area contributed by atoms with Crippen LogP contribution in [0, 0.1) is 0 Å². The lowest BCUT2D eigenvalue weighted by atomic mass is 10.0. The summed E-state index contributed by atoms with van der Waals surface area (Å²) in [6, 6.07) is 7.25. The van der Waals surface area contributed by atoms with Crippen molar-refractivity contribution in [2.45, 2.75) is 68.7 Å². The van der Waals surface area contributed by atoms with Crippen molar-refractivity contribution in [3.63, 3.8) is 0 Å². The smallest absolute Gasteiger partial charge is 0.0219 e. The molecule has 1 fully saturated rings. The molecule has 1 N–H and O–H groups in total. The summed E-state index contributed by atoms with van der Waals surface area (Å²) in [5.74, 6) is 0. The average Bonchev–Trinajstić information content (AvgIpc) is 2.40. The minimum absolute atomic E-state index is 0.534. The second kappa shape index (κ2) is 7.70. The molecule has 106 valence electrons. The summed E-state index contributed by atoms with van der Waals surface area (Å²) in [5, 5.41) is 4.36. The van der Waals surface area contributed by atoms with E-state index in [0.717, 1.165) is 11.8 Å². The standard InChI is InChI=1S/C16H24BrNS/c1-12(2)18-11-13-10-14(17)8-9-16(13)19-15-6-4-3-5-7-15/h8-10,12,15,18H,3-7,11H2,1-2H3. The lowest BCUT2D eigenvalue weighted by molar-refractivity contribution is 0.516. The predicted octanol–water partition coefficient (Wildman–Crippen LogP) is 5.37. The molecule has 1 aliphatic rings. The van der Waals surface area contributed by atoms with Gasteiger partial charge >= 0.3 is 0 Å². The van der Waals surface area contributed by atoms with Crippen LogP contribution in [-0.4, -0.2) is 11.3 Å². The molecule has 0 amide bonds. The van der Waals surface area contributed by atoms with Crippen molar-refractivity contribution in [3.05, 3.63) is 28.2 Å². The summed E-state index contributed by atoms with van der Waals surface area (Å²) in [5.41, 5.74) is 1.43. The van der Waals surface area contributed by atoms with Gasteiger partial charge in [0.25, 0.3) is 0 Å². The van der Waals surface area contributed by atoms with E-state index in [9.17, 15) is 0 Å². The van der Waals surface area contributed by atoms with Crippen LogP contribution in [0.2, 0.25) is 0 Å². The molecule has 0 unspecified atom stereocenters. The molecule has 0 radical (unpaired) electrons. The molecule has 3 heteroatoms. The number of nitrogens with one attached hydrogen (secondary N) is 1. The van der Waals surface area contributed by atoms with Crippen molar-refractivity contribution in [3.8, 4) is 0 Å². The number of rotatable bonds is 5. The number of hydrogen-bond donors (Lipinski definition) is 1. The fourth-order valence-corrected chi connectivity index (χ4v) is 4.24. The van der Waals surface area contributed by atoms with Gasteiger partial charge in [0.05, 0.1) is 0 Å². The average molecular weight is 342 g/mol. The van der Waals surface area contributed by atoms with Crippen LogP contribution in [0.25, 0.3) is 0 Å². The number of halogens is 1. The Bertz CT molecular complexity index is 400. The van der Waals surface area contributed by atoms with Crippen LogP contribution in [0.3, 0.4) is 0 Å². The second-order valence-electron chi connectivity index (χ2n) is 5.67. The van der Waals surface area contributed by atoms with Gasteiger partial charge in [-0.05, 0) is 36.6 Å². The van der Waals surface area contributed by atoms with Gasteiger partial charge in [0, 0.05) is 27.2 Å². The van der Waals surface area contributed by atoms with Crippen LogP contribution in [-0.2, 0) is 6.54 Å². The fraction of sp³-hybridized carbons (Fsp3) is 0.625. The van der Waals surface area contributed by atoms with Crippen molar-refractivity contribution >= 4 is 27.7 Å². The minimum atomic E-state index is 0.534. The monoisotopic (exact) mass is 341 g/mol. The highest BCUT2D eigenvalue weighted by atomic mass is 79.9. The van der Waals surface area contributed by atoms with E-state index in [4.69, 9.17) is 0 Å². The molecule has 19 heavy (non-hydrogen) atoms. The third kappa shape index (κ3) is 5.13. The first-order valence-corrected chi connectivity index (χ1v) is 9.01. The Morgan fingerprint density at radius 2 is 2.00 bits per heavy atom. The molecule has 0 spiro atoms. The topological polar surface area (TPSA) is 12.0 Å². The molecule has 0 bridgehead atoms. The Balaban J connectivity index is 2.04. The summed E-state index contributed by atoms with van der Waals surface area (Å²) < 4.78 is 1.18. The van der Waals surface area contributed by atoms with E-state index in [0.29, 0.717) is 6.04 Å². The molecule has 0 aliphatic heterocycles. The van der Waals surface area contributed by atoms with Gasteiger partial charge < -0.3 is 5.32 Å². The van der Waals surface area contributed by atoms with Gasteiger partial charge in [-0.2, -0.15) is 0 Å². The van der Waals surface area contributed by atoms with Gasteiger partial charge in [-0.15, -0.1) is 11.8 Å². The van der Waals surface area contributed by atoms with Crippen molar-refractivity contribution in [1.82, 2.24) is 5.32 Å². The zero-order valence-electron chi connectivity index (χ0n) is 11.9. The molecule has 0 saturated heterocycles. The second-order valence-corrected chi connectivity index (χ2v) is 7.92. The van der Waals surface area contributed by atoms with E-state index in [1.165, 1.54) is 47.0 Å². The Hall–Kier alpha value is 0.01000. The lowest BCUT2D eigenvalue weighted by Crippen LogP contribution is -2.22. The first-order chi connectivity index (χ1) is 9.15. The van der Waals surface area contributed by atoms with Crippen LogP contribution in [0.1, 0.15) is 51.5 Å². The summed E-state index contributed by atoms with van der Waals surface area (Å²) in [7, 11) is 0. The Morgan fingerprint density at radius 1 is 1.26 bits per heavy atom. The van der Waals surface area contributed by atoms with E-state index in [1.807, 2.05) is 0 Å². The maximum Gasteiger partial charge on any atom is 0.0219 e. The first-order valence-electron chi connectivity index (χ1n) is 7.33. The van der Waals surface area contributed by atoms with Crippen molar-refractivity contribution in [1.29, 1.82) is 0 Å². The molecule has 1 nitrogen and oxygen atoms in total. The first kappa shape index (κ1) is 15.4. The summed E-state index contributed by atoms with van der Waals surface area (Å²) >= 11 is 5.68. The van der Waals surface area contributed by atoms with E-state index in [2.05, 4.69) is 65.1 Å². The quantitative estimate of drug-likeness (QED) is 0.772. The Labute approximate surface area is 130 Å². The predicted molar refractivity (Wildman–Crippen MR) is 88.8 cm³/mol. The van der Waals surface area contributed by atoms with Gasteiger partial charge in [-0.3, -0.25) is 0 Å². The third-order valence-corrected chi connectivity index (χ3v) is 5.52. The van der Waals surface area contributed by atoms with Crippen molar-refractivity contribution < 1.29 is 0 Å². The number of hydrogen-bond acceptors (Lipinski definition) is 2. The van der Waals surface area contributed by atoms with Gasteiger partial charge in [0.15, 0.2) is 0 Å². The van der Waals surface area contributed by atoms with Crippen LogP contribution in [0.5, 0.6) is 0 Å². The van der Waals surface area contributed by atoms with Crippen LogP contribution >= 0.6 is 27.7 Å². The highest BCUT2D eigenvalue weighted by molar-refractivity contribution is 9.10. The van der Waals surface area contributed by atoms with Gasteiger partial charge in [0.1, 0.15) is 0 Å². The summed E-state index contributed by atoms with van der Waals surface area (Å²) in [6.45, 7) is 5.37. The largest absolute Gasteiger partial charge is 0.310 e. The molecule has 0 heterocycles.